The first-order valence-electron chi connectivity index (χ1n) is 6.59. The van der Waals surface area contributed by atoms with Gasteiger partial charge in [0.2, 0.25) is 0 Å². The number of carbonyl (C=O) groups is 1. The second-order valence-corrected chi connectivity index (χ2v) is 5.87. The summed E-state index contributed by atoms with van der Waals surface area (Å²) in [6.45, 7) is 3.74. The lowest BCUT2D eigenvalue weighted by Gasteiger charge is -2.14. The summed E-state index contributed by atoms with van der Waals surface area (Å²) >= 11 is 8.59. The van der Waals surface area contributed by atoms with Crippen molar-refractivity contribution in [2.45, 2.75) is 13.8 Å². The van der Waals surface area contributed by atoms with E-state index in [9.17, 15) is 10.1 Å². The van der Waals surface area contributed by atoms with Crippen molar-refractivity contribution in [2.75, 3.05) is 6.61 Å². The molecule has 0 saturated heterocycles. The molecule has 0 atom stereocenters. The normalized spacial score (nSPS) is 10.1. The predicted molar refractivity (Wildman–Crippen MR) is 90.2 cm³/mol. The number of nitrogens with one attached hydrogen (secondary N) is 1. The highest BCUT2D eigenvalue weighted by atomic mass is 79.9. The van der Waals surface area contributed by atoms with Crippen LogP contribution >= 0.6 is 28.1 Å². The summed E-state index contributed by atoms with van der Waals surface area (Å²) in [7, 11) is 0. The summed E-state index contributed by atoms with van der Waals surface area (Å²) in [5.74, 6) is -0.472. The van der Waals surface area contributed by atoms with Crippen LogP contribution in [0.25, 0.3) is 11.1 Å². The maximum atomic E-state index is 12.3. The lowest BCUT2D eigenvalue weighted by molar-refractivity contribution is 0.0526. The van der Waals surface area contributed by atoms with Crippen molar-refractivity contribution < 1.29 is 9.53 Å². The molecule has 4 nitrogen and oxygen atoms in total. The fourth-order valence-corrected chi connectivity index (χ4v) is 2.76. The molecule has 0 fully saturated rings. The number of benzene rings is 1. The van der Waals surface area contributed by atoms with E-state index in [1.54, 1.807) is 13.8 Å². The Morgan fingerprint density at radius 3 is 2.59 bits per heavy atom. The molecule has 0 aliphatic carbocycles. The molecule has 6 heteroatoms. The van der Waals surface area contributed by atoms with E-state index in [0.717, 1.165) is 10.0 Å². The van der Waals surface area contributed by atoms with Crippen LogP contribution in [0.1, 0.15) is 28.5 Å². The Labute approximate surface area is 141 Å². The van der Waals surface area contributed by atoms with Crippen LogP contribution < -0.4 is 0 Å². The van der Waals surface area contributed by atoms with Gasteiger partial charge in [0.1, 0.15) is 10.7 Å². The quantitative estimate of drug-likeness (QED) is 0.631. The Bertz CT molecular complexity index is 820. The highest BCUT2D eigenvalue weighted by molar-refractivity contribution is 9.10. The van der Waals surface area contributed by atoms with Gasteiger partial charge in [-0.3, -0.25) is 0 Å². The van der Waals surface area contributed by atoms with Crippen molar-refractivity contribution in [2.24, 2.45) is 0 Å². The Hall–Kier alpha value is -1.97. The number of carbonyl (C=O) groups excluding carboxylic acids is 1. The Morgan fingerprint density at radius 1 is 1.41 bits per heavy atom. The molecular formula is C16H13BrN2O2S. The molecule has 0 aliphatic heterocycles. The average Bonchev–Trinajstić information content (AvgIpc) is 2.47. The second kappa shape index (κ2) is 6.86. The molecule has 2 aromatic rings. The maximum Gasteiger partial charge on any atom is 0.340 e. The lowest BCUT2D eigenvalue weighted by atomic mass is 9.95. The number of esters is 1. The Balaban J connectivity index is 2.83. The molecular weight excluding hydrogens is 364 g/mol. The molecule has 0 amide bonds. The molecule has 1 N–H and O–H groups in total. The zero-order valence-electron chi connectivity index (χ0n) is 12.1. The molecule has 1 aromatic heterocycles. The Kier molecular flexibility index (Phi) is 5.11. The first-order valence-corrected chi connectivity index (χ1v) is 7.79. The summed E-state index contributed by atoms with van der Waals surface area (Å²) in [5.41, 5.74) is 2.45. The number of aromatic amines is 1. The third-order valence-electron chi connectivity index (χ3n) is 3.13. The number of H-pyrrole nitrogens is 1. The molecule has 0 aliphatic rings. The van der Waals surface area contributed by atoms with Crippen LogP contribution in [0.5, 0.6) is 0 Å². The molecule has 0 spiro atoms. The van der Waals surface area contributed by atoms with E-state index in [1.165, 1.54) is 0 Å². The number of hydrogen-bond donors (Lipinski definition) is 1. The number of aryl methyl sites for hydroxylation is 1. The lowest BCUT2D eigenvalue weighted by Crippen LogP contribution is -2.12. The number of nitriles is 1. The number of pyridine rings is 1. The topological polar surface area (TPSA) is 65.9 Å². The standard InChI is InChI=1S/C16H13BrN2O2S/c1-3-21-16(20)13-9(2)19-15(22)12(8-18)14(13)10-4-6-11(17)7-5-10/h4-7H,3H2,1-2H3,(H,19,22). The number of ether oxygens (including phenoxy) is 1. The number of rotatable bonds is 3. The van der Waals surface area contributed by atoms with E-state index in [2.05, 4.69) is 27.0 Å². The maximum absolute atomic E-state index is 12.3. The zero-order chi connectivity index (χ0) is 16.3. The van der Waals surface area contributed by atoms with E-state index in [0.29, 0.717) is 21.5 Å². The van der Waals surface area contributed by atoms with Gasteiger partial charge in [-0.25, -0.2) is 4.79 Å². The minimum Gasteiger partial charge on any atom is -0.462 e. The van der Waals surface area contributed by atoms with Crippen molar-refractivity contribution in [3.05, 3.63) is 50.2 Å². The smallest absolute Gasteiger partial charge is 0.340 e. The van der Waals surface area contributed by atoms with Gasteiger partial charge in [0.25, 0.3) is 0 Å². The van der Waals surface area contributed by atoms with Crippen LogP contribution in [0, 0.1) is 22.9 Å². The third kappa shape index (κ3) is 3.11. The molecule has 0 radical (unpaired) electrons. The molecule has 112 valence electrons. The predicted octanol–water partition coefficient (Wildman–Crippen LogP) is 4.53. The van der Waals surface area contributed by atoms with E-state index >= 15 is 0 Å². The van der Waals surface area contributed by atoms with Crippen LogP contribution in [0.2, 0.25) is 0 Å². The number of halogens is 1. The molecule has 1 aromatic carbocycles. The van der Waals surface area contributed by atoms with E-state index in [4.69, 9.17) is 17.0 Å². The molecule has 22 heavy (non-hydrogen) atoms. The van der Waals surface area contributed by atoms with Gasteiger partial charge >= 0.3 is 5.97 Å². The van der Waals surface area contributed by atoms with Crippen LogP contribution in [0.4, 0.5) is 0 Å². The fourth-order valence-electron chi connectivity index (χ4n) is 2.19. The minimum atomic E-state index is -0.472. The molecule has 1 heterocycles. The van der Waals surface area contributed by atoms with Gasteiger partial charge in [0, 0.05) is 15.7 Å². The van der Waals surface area contributed by atoms with Crippen molar-refractivity contribution in [3.8, 4) is 17.2 Å². The van der Waals surface area contributed by atoms with Crippen molar-refractivity contribution >= 4 is 34.1 Å². The van der Waals surface area contributed by atoms with E-state index < -0.39 is 5.97 Å². The van der Waals surface area contributed by atoms with Gasteiger partial charge in [0.05, 0.1) is 17.7 Å². The van der Waals surface area contributed by atoms with Crippen molar-refractivity contribution in [3.63, 3.8) is 0 Å². The fraction of sp³-hybridized carbons (Fsp3) is 0.188. The summed E-state index contributed by atoms with van der Waals surface area (Å²) in [5, 5.41) is 9.44. The molecule has 0 bridgehead atoms. The Morgan fingerprint density at radius 2 is 2.05 bits per heavy atom. The van der Waals surface area contributed by atoms with E-state index in [-0.39, 0.29) is 12.2 Å². The second-order valence-electron chi connectivity index (χ2n) is 4.54. The van der Waals surface area contributed by atoms with Crippen LogP contribution in [-0.2, 0) is 4.74 Å². The minimum absolute atomic E-state index is 0.259. The van der Waals surface area contributed by atoms with Gasteiger partial charge in [-0.2, -0.15) is 5.26 Å². The zero-order valence-corrected chi connectivity index (χ0v) is 14.5. The monoisotopic (exact) mass is 376 g/mol. The van der Waals surface area contributed by atoms with Crippen molar-refractivity contribution in [1.82, 2.24) is 4.98 Å². The first kappa shape index (κ1) is 16.4. The molecule has 0 saturated carbocycles. The number of aromatic nitrogens is 1. The summed E-state index contributed by atoms with van der Waals surface area (Å²) in [6.07, 6.45) is 0. The average molecular weight is 377 g/mol. The van der Waals surface area contributed by atoms with Crippen molar-refractivity contribution in [1.29, 1.82) is 5.26 Å². The largest absolute Gasteiger partial charge is 0.462 e. The third-order valence-corrected chi connectivity index (χ3v) is 3.96. The summed E-state index contributed by atoms with van der Waals surface area (Å²) < 4.78 is 6.34. The van der Waals surface area contributed by atoms with Gasteiger partial charge in [-0.15, -0.1) is 0 Å². The highest BCUT2D eigenvalue weighted by Crippen LogP contribution is 2.31. The van der Waals surface area contributed by atoms with Crippen LogP contribution in [-0.4, -0.2) is 17.6 Å². The summed E-state index contributed by atoms with van der Waals surface area (Å²) in [4.78, 5) is 15.2. The van der Waals surface area contributed by atoms with Gasteiger partial charge < -0.3 is 9.72 Å². The van der Waals surface area contributed by atoms with E-state index in [1.807, 2.05) is 24.3 Å². The highest BCUT2D eigenvalue weighted by Gasteiger charge is 2.22. The van der Waals surface area contributed by atoms with Gasteiger partial charge in [-0.1, -0.05) is 40.3 Å². The number of nitrogens with zero attached hydrogens (tertiary/aromatic N) is 1. The first-order chi connectivity index (χ1) is 10.5. The van der Waals surface area contributed by atoms with Crippen LogP contribution in [0.3, 0.4) is 0 Å². The summed E-state index contributed by atoms with van der Waals surface area (Å²) in [6, 6.07) is 9.44. The SMILES string of the molecule is CCOC(=O)c1c(C)[nH]c(=S)c(C#N)c1-c1ccc(Br)cc1. The number of hydrogen-bond acceptors (Lipinski definition) is 4. The van der Waals surface area contributed by atoms with Crippen LogP contribution in [0.15, 0.2) is 28.7 Å². The molecule has 2 rings (SSSR count). The van der Waals surface area contributed by atoms with Gasteiger partial charge in [-0.05, 0) is 31.5 Å². The van der Waals surface area contributed by atoms with Gasteiger partial charge in [0.15, 0.2) is 0 Å². The molecule has 0 unspecified atom stereocenters.